The minimum Gasteiger partial charge on any atom is -0.491 e. The third-order valence-electron chi connectivity index (χ3n) is 6.66. The van der Waals surface area contributed by atoms with E-state index in [1.165, 1.54) is 0 Å². The molecular formula is C26H38N6O4. The Bertz CT molecular complexity index is 1020. The monoisotopic (exact) mass is 498 g/mol. The molecule has 2 aliphatic heterocycles. The number of aromatic nitrogens is 2. The Kier molecular flexibility index (Phi) is 9.08. The van der Waals surface area contributed by atoms with Gasteiger partial charge in [-0.15, -0.1) is 0 Å². The Labute approximate surface area is 212 Å². The number of aliphatic hydroxyl groups excluding tert-OH is 1. The SMILES string of the molecule is CNCC(O)COc1cccc(-c2nc(NC3CCOC3)c(C)c(C(=O)NC3CCN(C)CC3)n2)c1. The number of carbonyl (C=O) groups is 1. The van der Waals surface area contributed by atoms with Gasteiger partial charge in [0.1, 0.15) is 30.0 Å². The van der Waals surface area contributed by atoms with Crippen molar-refractivity contribution in [2.24, 2.45) is 0 Å². The van der Waals surface area contributed by atoms with Crippen molar-refractivity contribution >= 4 is 11.7 Å². The lowest BCUT2D eigenvalue weighted by atomic mass is 10.0. The molecule has 0 bridgehead atoms. The quantitative estimate of drug-likeness (QED) is 0.386. The lowest BCUT2D eigenvalue weighted by molar-refractivity contribution is 0.0911. The van der Waals surface area contributed by atoms with Crippen LogP contribution in [-0.4, -0.2) is 97.6 Å². The summed E-state index contributed by atoms with van der Waals surface area (Å²) in [4.78, 5) is 25.1. The minimum atomic E-state index is -0.617. The van der Waals surface area contributed by atoms with Gasteiger partial charge in [0.25, 0.3) is 5.91 Å². The highest BCUT2D eigenvalue weighted by molar-refractivity contribution is 5.95. The molecule has 2 fully saturated rings. The number of nitrogens with zero attached hydrogens (tertiary/aromatic N) is 3. The van der Waals surface area contributed by atoms with E-state index >= 15 is 0 Å². The summed E-state index contributed by atoms with van der Waals surface area (Å²) < 4.78 is 11.3. The molecule has 2 aliphatic rings. The van der Waals surface area contributed by atoms with E-state index in [1.54, 1.807) is 7.05 Å². The highest BCUT2D eigenvalue weighted by Crippen LogP contribution is 2.26. The maximum atomic E-state index is 13.4. The maximum absolute atomic E-state index is 13.4. The number of anilines is 1. The van der Waals surface area contributed by atoms with Crippen LogP contribution in [0.15, 0.2) is 24.3 Å². The van der Waals surface area contributed by atoms with Crippen LogP contribution in [0.2, 0.25) is 0 Å². The summed E-state index contributed by atoms with van der Waals surface area (Å²) in [5.41, 5.74) is 1.82. The summed E-state index contributed by atoms with van der Waals surface area (Å²) in [6, 6.07) is 7.67. The fourth-order valence-corrected chi connectivity index (χ4v) is 4.47. The highest BCUT2D eigenvalue weighted by atomic mass is 16.5. The summed E-state index contributed by atoms with van der Waals surface area (Å²) in [6.07, 6.45) is 2.10. The number of ether oxygens (including phenoxy) is 2. The molecule has 0 radical (unpaired) electrons. The van der Waals surface area contributed by atoms with E-state index in [2.05, 4.69) is 27.9 Å². The fraction of sp³-hybridized carbons (Fsp3) is 0.577. The van der Waals surface area contributed by atoms with Crippen molar-refractivity contribution in [1.82, 2.24) is 25.5 Å². The number of nitrogens with one attached hydrogen (secondary N) is 3. The van der Waals surface area contributed by atoms with Crippen LogP contribution in [0.3, 0.4) is 0 Å². The zero-order valence-electron chi connectivity index (χ0n) is 21.4. The first-order valence-corrected chi connectivity index (χ1v) is 12.7. The summed E-state index contributed by atoms with van der Waals surface area (Å²) in [5.74, 6) is 1.50. The third kappa shape index (κ3) is 6.91. The molecule has 4 rings (SSSR count). The standard InChI is InChI=1S/C26H38N6O4/c1-17-23(26(34)29-19-7-10-32(3)11-8-19)30-25(31-24(17)28-20-9-12-35-15-20)18-5-4-6-22(13-18)36-16-21(33)14-27-2/h4-6,13,19-21,27,33H,7-12,14-16H2,1-3H3,(H,29,34)(H,28,30,31). The third-order valence-corrected chi connectivity index (χ3v) is 6.66. The Balaban J connectivity index is 1.59. The molecule has 10 heteroatoms. The van der Waals surface area contributed by atoms with Gasteiger partial charge in [0.05, 0.1) is 12.6 Å². The van der Waals surface area contributed by atoms with E-state index in [-0.39, 0.29) is 24.6 Å². The van der Waals surface area contributed by atoms with Crippen LogP contribution in [0, 0.1) is 6.92 Å². The molecule has 1 aromatic heterocycles. The van der Waals surface area contributed by atoms with E-state index in [9.17, 15) is 9.90 Å². The normalized spacial score (nSPS) is 19.7. The second-order valence-corrected chi connectivity index (χ2v) is 9.68. The zero-order chi connectivity index (χ0) is 25.5. The lowest BCUT2D eigenvalue weighted by Gasteiger charge is -2.29. The summed E-state index contributed by atoms with van der Waals surface area (Å²) in [5, 5.41) is 19.5. The van der Waals surface area contributed by atoms with E-state index in [4.69, 9.17) is 19.4 Å². The molecule has 3 heterocycles. The number of likely N-dealkylation sites (tertiary alicyclic amines) is 1. The molecular weight excluding hydrogens is 460 g/mol. The predicted molar refractivity (Wildman–Crippen MR) is 138 cm³/mol. The van der Waals surface area contributed by atoms with Gasteiger partial charge in [0.2, 0.25) is 0 Å². The van der Waals surface area contributed by atoms with Gasteiger partial charge in [-0.3, -0.25) is 4.79 Å². The number of likely N-dealkylation sites (N-methyl/N-ethyl adjacent to an activating group) is 1. The van der Waals surface area contributed by atoms with Crippen LogP contribution < -0.4 is 20.7 Å². The molecule has 0 saturated carbocycles. The second kappa shape index (κ2) is 12.4. The largest absolute Gasteiger partial charge is 0.491 e. The number of hydrogen-bond acceptors (Lipinski definition) is 9. The van der Waals surface area contributed by atoms with Crippen molar-refractivity contribution in [2.75, 3.05) is 58.9 Å². The Hall–Kier alpha value is -2.79. The van der Waals surface area contributed by atoms with Gasteiger partial charge in [0.15, 0.2) is 5.82 Å². The molecule has 2 atom stereocenters. The van der Waals surface area contributed by atoms with Crippen molar-refractivity contribution in [1.29, 1.82) is 0 Å². The maximum Gasteiger partial charge on any atom is 0.270 e. The van der Waals surface area contributed by atoms with Gasteiger partial charge in [-0.05, 0) is 65.5 Å². The number of carbonyl (C=O) groups excluding carboxylic acids is 1. The smallest absolute Gasteiger partial charge is 0.270 e. The molecule has 4 N–H and O–H groups in total. The van der Waals surface area contributed by atoms with Crippen molar-refractivity contribution in [3.05, 3.63) is 35.5 Å². The molecule has 10 nitrogen and oxygen atoms in total. The lowest BCUT2D eigenvalue weighted by Crippen LogP contribution is -2.43. The van der Waals surface area contributed by atoms with E-state index in [0.717, 1.165) is 43.5 Å². The van der Waals surface area contributed by atoms with E-state index < -0.39 is 6.10 Å². The average molecular weight is 499 g/mol. The topological polar surface area (TPSA) is 121 Å². The van der Waals surface area contributed by atoms with Crippen LogP contribution in [0.5, 0.6) is 5.75 Å². The Morgan fingerprint density at radius 3 is 2.78 bits per heavy atom. The van der Waals surface area contributed by atoms with Gasteiger partial charge in [0, 0.05) is 30.3 Å². The first kappa shape index (κ1) is 26.3. The van der Waals surface area contributed by atoms with Gasteiger partial charge in [-0.1, -0.05) is 12.1 Å². The first-order chi connectivity index (χ1) is 17.4. The van der Waals surface area contributed by atoms with Crippen LogP contribution >= 0.6 is 0 Å². The van der Waals surface area contributed by atoms with Gasteiger partial charge in [-0.2, -0.15) is 0 Å². The van der Waals surface area contributed by atoms with Gasteiger partial charge >= 0.3 is 0 Å². The Morgan fingerprint density at radius 2 is 2.06 bits per heavy atom. The van der Waals surface area contributed by atoms with Crippen molar-refractivity contribution in [2.45, 2.75) is 44.4 Å². The molecule has 196 valence electrons. The molecule has 0 spiro atoms. The predicted octanol–water partition coefficient (Wildman–Crippen LogP) is 1.44. The van der Waals surface area contributed by atoms with E-state index in [0.29, 0.717) is 42.8 Å². The zero-order valence-corrected chi connectivity index (χ0v) is 21.4. The van der Waals surface area contributed by atoms with Crippen LogP contribution in [-0.2, 0) is 4.74 Å². The summed E-state index contributed by atoms with van der Waals surface area (Å²) in [6.45, 7) is 5.72. The number of hydrogen-bond donors (Lipinski definition) is 4. The summed E-state index contributed by atoms with van der Waals surface area (Å²) >= 11 is 0. The molecule has 1 amide bonds. The molecule has 2 aromatic rings. The molecule has 1 aromatic carbocycles. The number of aliphatic hydroxyl groups is 1. The summed E-state index contributed by atoms with van der Waals surface area (Å²) in [7, 11) is 3.88. The molecule has 2 saturated heterocycles. The average Bonchev–Trinajstić information content (AvgIpc) is 3.39. The second-order valence-electron chi connectivity index (χ2n) is 9.68. The number of piperidine rings is 1. The Morgan fingerprint density at radius 1 is 1.25 bits per heavy atom. The molecule has 36 heavy (non-hydrogen) atoms. The van der Waals surface area contributed by atoms with Crippen molar-refractivity contribution < 1.29 is 19.4 Å². The minimum absolute atomic E-state index is 0.131. The molecule has 2 unspecified atom stereocenters. The number of amides is 1. The highest BCUT2D eigenvalue weighted by Gasteiger charge is 2.25. The van der Waals surface area contributed by atoms with Gasteiger partial charge in [-0.25, -0.2) is 9.97 Å². The van der Waals surface area contributed by atoms with Crippen molar-refractivity contribution in [3.63, 3.8) is 0 Å². The molecule has 0 aliphatic carbocycles. The number of benzene rings is 1. The van der Waals surface area contributed by atoms with Crippen molar-refractivity contribution in [3.8, 4) is 17.1 Å². The van der Waals surface area contributed by atoms with Gasteiger partial charge < -0.3 is 35.4 Å². The van der Waals surface area contributed by atoms with Crippen LogP contribution in [0.1, 0.15) is 35.3 Å². The van der Waals surface area contributed by atoms with Crippen LogP contribution in [0.4, 0.5) is 5.82 Å². The fourth-order valence-electron chi connectivity index (χ4n) is 4.47. The number of rotatable bonds is 10. The van der Waals surface area contributed by atoms with E-state index in [1.807, 2.05) is 31.2 Å². The van der Waals surface area contributed by atoms with Crippen LogP contribution in [0.25, 0.3) is 11.4 Å². The first-order valence-electron chi connectivity index (χ1n) is 12.7.